The van der Waals surface area contributed by atoms with Gasteiger partial charge in [0, 0.05) is 0 Å². The fourth-order valence-electron chi connectivity index (χ4n) is 2.43. The first kappa shape index (κ1) is 16.0. The van der Waals surface area contributed by atoms with E-state index in [1.54, 1.807) is 5.92 Å². The molecule has 0 aromatic rings. The Kier molecular flexibility index (Phi) is 11.5. The van der Waals surface area contributed by atoms with Crippen LogP contribution in [0, 0.1) is 11.8 Å². The van der Waals surface area contributed by atoms with E-state index >= 15 is 0 Å². The minimum Gasteiger partial charge on any atom is -0.0654 e. The first-order valence-corrected chi connectivity index (χ1v) is 7.52. The SMILES string of the molecule is CCCCCCCCCCC(CC)[C](C)C. The van der Waals surface area contributed by atoms with Crippen LogP contribution in [-0.2, 0) is 0 Å². The maximum Gasteiger partial charge on any atom is -0.0272 e. The van der Waals surface area contributed by atoms with Gasteiger partial charge in [0.2, 0.25) is 0 Å². The van der Waals surface area contributed by atoms with Gasteiger partial charge >= 0.3 is 0 Å². The van der Waals surface area contributed by atoms with Crippen molar-refractivity contribution in [2.24, 2.45) is 5.92 Å². The monoisotopic (exact) mass is 225 g/mol. The average molecular weight is 225 g/mol. The summed E-state index contributed by atoms with van der Waals surface area (Å²) in [5.41, 5.74) is 0. The molecule has 1 radical (unpaired) electrons. The summed E-state index contributed by atoms with van der Waals surface area (Å²) < 4.78 is 0. The molecule has 0 heteroatoms. The summed E-state index contributed by atoms with van der Waals surface area (Å²) in [5, 5.41) is 0. The van der Waals surface area contributed by atoms with E-state index in [2.05, 4.69) is 27.7 Å². The predicted molar refractivity (Wildman–Crippen MR) is 75.6 cm³/mol. The van der Waals surface area contributed by atoms with Crippen molar-refractivity contribution in [2.75, 3.05) is 0 Å². The van der Waals surface area contributed by atoms with E-state index in [1.807, 2.05) is 0 Å². The molecule has 0 N–H and O–H groups in total. The van der Waals surface area contributed by atoms with Gasteiger partial charge in [-0.15, -0.1) is 0 Å². The van der Waals surface area contributed by atoms with Crippen LogP contribution in [0.1, 0.15) is 91.9 Å². The molecule has 0 aliphatic rings. The van der Waals surface area contributed by atoms with Crippen LogP contribution in [0.15, 0.2) is 0 Å². The normalized spacial score (nSPS) is 13.3. The summed E-state index contributed by atoms with van der Waals surface area (Å²) in [5.74, 6) is 2.52. The Morgan fingerprint density at radius 1 is 0.750 bits per heavy atom. The molecule has 0 saturated heterocycles. The molecule has 0 amide bonds. The molecule has 0 spiro atoms. The van der Waals surface area contributed by atoms with Crippen molar-refractivity contribution in [1.82, 2.24) is 0 Å². The maximum absolute atomic E-state index is 2.32. The van der Waals surface area contributed by atoms with Crippen LogP contribution in [0.25, 0.3) is 0 Å². The van der Waals surface area contributed by atoms with E-state index in [-0.39, 0.29) is 0 Å². The number of unbranched alkanes of at least 4 members (excludes halogenated alkanes) is 7. The summed E-state index contributed by atoms with van der Waals surface area (Å²) >= 11 is 0. The van der Waals surface area contributed by atoms with Crippen molar-refractivity contribution in [3.05, 3.63) is 5.92 Å². The van der Waals surface area contributed by atoms with Crippen molar-refractivity contribution in [2.45, 2.75) is 91.9 Å². The molecule has 0 aliphatic heterocycles. The smallest absolute Gasteiger partial charge is 0.0272 e. The van der Waals surface area contributed by atoms with Crippen molar-refractivity contribution in [3.8, 4) is 0 Å². The number of hydrogen-bond acceptors (Lipinski definition) is 0. The predicted octanol–water partition coefficient (Wildman–Crippen LogP) is 6.16. The van der Waals surface area contributed by atoms with E-state index in [0.29, 0.717) is 0 Å². The van der Waals surface area contributed by atoms with Crippen LogP contribution in [0.3, 0.4) is 0 Å². The fraction of sp³-hybridized carbons (Fsp3) is 0.938. The highest BCUT2D eigenvalue weighted by molar-refractivity contribution is 4.85. The van der Waals surface area contributed by atoms with Gasteiger partial charge in [-0.2, -0.15) is 0 Å². The van der Waals surface area contributed by atoms with E-state index in [9.17, 15) is 0 Å². The lowest BCUT2D eigenvalue weighted by molar-refractivity contribution is 0.452. The van der Waals surface area contributed by atoms with Crippen LogP contribution in [0.2, 0.25) is 0 Å². The van der Waals surface area contributed by atoms with E-state index in [1.165, 1.54) is 64.2 Å². The van der Waals surface area contributed by atoms with Gasteiger partial charge in [-0.1, -0.05) is 85.5 Å². The van der Waals surface area contributed by atoms with Crippen LogP contribution in [-0.4, -0.2) is 0 Å². The summed E-state index contributed by atoms with van der Waals surface area (Å²) in [7, 11) is 0. The molecule has 0 fully saturated rings. The topological polar surface area (TPSA) is 0 Å². The zero-order valence-corrected chi connectivity index (χ0v) is 12.1. The Labute approximate surface area is 104 Å². The van der Waals surface area contributed by atoms with Gasteiger partial charge in [-0.25, -0.2) is 0 Å². The van der Waals surface area contributed by atoms with E-state index in [4.69, 9.17) is 0 Å². The molecule has 0 heterocycles. The summed E-state index contributed by atoms with van der Waals surface area (Å²) in [6, 6.07) is 0. The average Bonchev–Trinajstić information content (AvgIpc) is 2.26. The molecule has 0 nitrogen and oxygen atoms in total. The first-order valence-electron chi connectivity index (χ1n) is 7.52. The van der Waals surface area contributed by atoms with Gasteiger partial charge in [0.05, 0.1) is 0 Å². The van der Waals surface area contributed by atoms with Gasteiger partial charge in [0.25, 0.3) is 0 Å². The Morgan fingerprint density at radius 3 is 1.69 bits per heavy atom. The first-order chi connectivity index (χ1) is 7.72. The van der Waals surface area contributed by atoms with Gasteiger partial charge in [0.1, 0.15) is 0 Å². The highest BCUT2D eigenvalue weighted by Gasteiger charge is 2.10. The fourth-order valence-corrected chi connectivity index (χ4v) is 2.43. The molecule has 0 aromatic carbocycles. The van der Waals surface area contributed by atoms with Crippen molar-refractivity contribution in [1.29, 1.82) is 0 Å². The largest absolute Gasteiger partial charge is 0.0654 e. The quantitative estimate of drug-likeness (QED) is 0.369. The Bertz CT molecular complexity index is 126. The van der Waals surface area contributed by atoms with Crippen molar-refractivity contribution in [3.63, 3.8) is 0 Å². The maximum atomic E-state index is 2.32. The Morgan fingerprint density at radius 2 is 1.25 bits per heavy atom. The van der Waals surface area contributed by atoms with Gasteiger partial charge in [0.15, 0.2) is 0 Å². The zero-order chi connectivity index (χ0) is 12.2. The minimum atomic E-state index is 0.889. The third-order valence-corrected chi connectivity index (χ3v) is 3.72. The minimum absolute atomic E-state index is 0.889. The van der Waals surface area contributed by atoms with Crippen LogP contribution >= 0.6 is 0 Å². The summed E-state index contributed by atoms with van der Waals surface area (Å²) in [6.45, 7) is 9.19. The molecule has 1 unspecified atom stereocenters. The molecular formula is C16H33. The second-order valence-electron chi connectivity index (χ2n) is 5.45. The lowest BCUT2D eigenvalue weighted by Crippen LogP contribution is -2.05. The van der Waals surface area contributed by atoms with Crippen molar-refractivity contribution >= 4 is 0 Å². The second-order valence-corrected chi connectivity index (χ2v) is 5.45. The highest BCUT2D eigenvalue weighted by atomic mass is 14.2. The standard InChI is InChI=1S/C16H33/c1-5-7-8-9-10-11-12-13-14-16(6-2)15(3)4/h16H,5-14H2,1-4H3. The molecule has 0 rings (SSSR count). The van der Waals surface area contributed by atoms with Crippen LogP contribution in [0.4, 0.5) is 0 Å². The van der Waals surface area contributed by atoms with E-state index in [0.717, 1.165) is 5.92 Å². The highest BCUT2D eigenvalue weighted by Crippen LogP contribution is 2.23. The third-order valence-electron chi connectivity index (χ3n) is 3.72. The molecule has 0 bridgehead atoms. The molecule has 0 aromatic heterocycles. The molecular weight excluding hydrogens is 192 g/mol. The van der Waals surface area contributed by atoms with Gasteiger partial charge in [-0.05, 0) is 18.3 Å². The third kappa shape index (κ3) is 9.24. The summed E-state index contributed by atoms with van der Waals surface area (Å²) in [4.78, 5) is 0. The summed E-state index contributed by atoms with van der Waals surface area (Å²) in [6.07, 6.45) is 14.3. The Balaban J connectivity index is 3.19. The zero-order valence-electron chi connectivity index (χ0n) is 12.1. The molecule has 1 atom stereocenters. The van der Waals surface area contributed by atoms with Crippen LogP contribution in [0.5, 0.6) is 0 Å². The second kappa shape index (κ2) is 11.5. The van der Waals surface area contributed by atoms with Crippen LogP contribution < -0.4 is 0 Å². The molecule has 16 heavy (non-hydrogen) atoms. The molecule has 0 aliphatic carbocycles. The van der Waals surface area contributed by atoms with E-state index < -0.39 is 0 Å². The number of rotatable bonds is 11. The Hall–Kier alpha value is 0. The van der Waals surface area contributed by atoms with Gasteiger partial charge in [-0.3, -0.25) is 0 Å². The lowest BCUT2D eigenvalue weighted by Gasteiger charge is -2.17. The number of hydrogen-bond donors (Lipinski definition) is 0. The molecule has 97 valence electrons. The molecule has 0 saturated carbocycles. The van der Waals surface area contributed by atoms with Crippen molar-refractivity contribution < 1.29 is 0 Å². The van der Waals surface area contributed by atoms with Gasteiger partial charge < -0.3 is 0 Å². The lowest BCUT2D eigenvalue weighted by atomic mass is 9.88.